The smallest absolute Gasteiger partial charge is 0.134 e. The lowest BCUT2D eigenvalue weighted by molar-refractivity contribution is 0.513. The van der Waals surface area contributed by atoms with Crippen LogP contribution in [0.3, 0.4) is 0 Å². The number of nitrogens with two attached hydrogens (primary N) is 1. The molecule has 5 heteroatoms. The molecule has 0 aliphatic heterocycles. The zero-order valence-corrected chi connectivity index (χ0v) is 9.10. The van der Waals surface area contributed by atoms with Crippen LogP contribution in [0, 0.1) is 6.92 Å². The van der Waals surface area contributed by atoms with E-state index in [1.54, 1.807) is 6.26 Å². The van der Waals surface area contributed by atoms with E-state index in [4.69, 9.17) is 10.2 Å². The SMILES string of the molecule is Cc1c(N)ncnc1NCCc1ccco1. The summed E-state index contributed by atoms with van der Waals surface area (Å²) in [6.07, 6.45) is 3.94. The van der Waals surface area contributed by atoms with E-state index in [-0.39, 0.29) is 0 Å². The quantitative estimate of drug-likeness (QED) is 0.815. The molecule has 16 heavy (non-hydrogen) atoms. The Hall–Kier alpha value is -2.04. The summed E-state index contributed by atoms with van der Waals surface area (Å²) in [5, 5.41) is 3.20. The fraction of sp³-hybridized carbons (Fsp3) is 0.273. The van der Waals surface area contributed by atoms with Crippen LogP contribution in [0.15, 0.2) is 29.1 Å². The summed E-state index contributed by atoms with van der Waals surface area (Å²) in [5.41, 5.74) is 6.55. The van der Waals surface area contributed by atoms with Gasteiger partial charge in [-0.25, -0.2) is 9.97 Å². The first-order chi connectivity index (χ1) is 7.77. The fourth-order valence-corrected chi connectivity index (χ4v) is 1.40. The molecule has 0 aromatic carbocycles. The Kier molecular flexibility index (Phi) is 3.05. The average molecular weight is 218 g/mol. The molecule has 0 saturated carbocycles. The number of hydrogen-bond acceptors (Lipinski definition) is 5. The average Bonchev–Trinajstić information content (AvgIpc) is 2.77. The number of nitrogens with one attached hydrogen (secondary N) is 1. The van der Waals surface area contributed by atoms with E-state index < -0.39 is 0 Å². The van der Waals surface area contributed by atoms with Crippen molar-refractivity contribution >= 4 is 11.6 Å². The van der Waals surface area contributed by atoms with E-state index >= 15 is 0 Å². The number of aromatic nitrogens is 2. The Morgan fingerprint density at radius 3 is 3.06 bits per heavy atom. The van der Waals surface area contributed by atoms with Gasteiger partial charge in [-0.1, -0.05) is 0 Å². The second kappa shape index (κ2) is 4.65. The largest absolute Gasteiger partial charge is 0.469 e. The van der Waals surface area contributed by atoms with Crippen LogP contribution in [0.4, 0.5) is 11.6 Å². The summed E-state index contributed by atoms with van der Waals surface area (Å²) in [7, 11) is 0. The van der Waals surface area contributed by atoms with Gasteiger partial charge in [0, 0.05) is 18.5 Å². The van der Waals surface area contributed by atoms with Gasteiger partial charge in [-0.3, -0.25) is 0 Å². The van der Waals surface area contributed by atoms with Gasteiger partial charge in [0.15, 0.2) is 0 Å². The highest BCUT2D eigenvalue weighted by atomic mass is 16.3. The Balaban J connectivity index is 1.92. The third-order valence-electron chi connectivity index (χ3n) is 2.37. The zero-order chi connectivity index (χ0) is 11.4. The van der Waals surface area contributed by atoms with Gasteiger partial charge in [0.2, 0.25) is 0 Å². The van der Waals surface area contributed by atoms with Crippen molar-refractivity contribution in [2.24, 2.45) is 0 Å². The van der Waals surface area contributed by atoms with Crippen LogP contribution < -0.4 is 11.1 Å². The van der Waals surface area contributed by atoms with Crippen molar-refractivity contribution in [2.45, 2.75) is 13.3 Å². The standard InChI is InChI=1S/C11H14N4O/c1-8-10(12)14-7-15-11(8)13-5-4-9-3-2-6-16-9/h2-3,6-7H,4-5H2,1H3,(H3,12,13,14,15). The molecule has 0 amide bonds. The topological polar surface area (TPSA) is 77.0 Å². The van der Waals surface area contributed by atoms with Gasteiger partial charge >= 0.3 is 0 Å². The Morgan fingerprint density at radius 2 is 2.31 bits per heavy atom. The molecule has 0 saturated heterocycles. The molecule has 0 aliphatic rings. The maximum absolute atomic E-state index is 5.68. The van der Waals surface area contributed by atoms with Crippen LogP contribution in [-0.4, -0.2) is 16.5 Å². The summed E-state index contributed by atoms with van der Waals surface area (Å²) in [6, 6.07) is 3.83. The minimum absolute atomic E-state index is 0.510. The van der Waals surface area contributed by atoms with Crippen LogP contribution in [0.5, 0.6) is 0 Å². The highest BCUT2D eigenvalue weighted by Gasteiger charge is 2.03. The molecular weight excluding hydrogens is 204 g/mol. The van der Waals surface area contributed by atoms with Crippen LogP contribution in [-0.2, 0) is 6.42 Å². The lowest BCUT2D eigenvalue weighted by Gasteiger charge is -2.08. The second-order valence-electron chi connectivity index (χ2n) is 3.49. The summed E-state index contributed by atoms with van der Waals surface area (Å²) < 4.78 is 5.23. The highest BCUT2D eigenvalue weighted by Crippen LogP contribution is 2.14. The minimum atomic E-state index is 0.510. The van der Waals surface area contributed by atoms with Gasteiger partial charge < -0.3 is 15.5 Å². The maximum Gasteiger partial charge on any atom is 0.134 e. The highest BCUT2D eigenvalue weighted by molar-refractivity contribution is 5.53. The summed E-state index contributed by atoms with van der Waals surface area (Å²) in [5.74, 6) is 2.24. The van der Waals surface area contributed by atoms with E-state index in [0.29, 0.717) is 5.82 Å². The summed E-state index contributed by atoms with van der Waals surface area (Å²) in [6.45, 7) is 2.65. The Labute approximate surface area is 93.7 Å². The third kappa shape index (κ3) is 2.31. The van der Waals surface area contributed by atoms with Crippen molar-refractivity contribution in [1.82, 2.24) is 9.97 Å². The first kappa shape index (κ1) is 10.5. The molecule has 2 aromatic rings. The van der Waals surface area contributed by atoms with Crippen molar-refractivity contribution < 1.29 is 4.42 Å². The molecule has 0 unspecified atom stereocenters. The van der Waals surface area contributed by atoms with Gasteiger partial charge in [0.1, 0.15) is 23.7 Å². The molecule has 0 fully saturated rings. The maximum atomic E-state index is 5.68. The predicted octanol–water partition coefficient (Wildman–Crippen LogP) is 1.61. The molecule has 0 spiro atoms. The van der Waals surface area contributed by atoms with E-state index in [0.717, 1.165) is 30.1 Å². The van der Waals surface area contributed by atoms with E-state index in [9.17, 15) is 0 Å². The number of anilines is 2. The molecule has 2 rings (SSSR count). The van der Waals surface area contributed by atoms with Crippen molar-refractivity contribution in [3.8, 4) is 0 Å². The van der Waals surface area contributed by atoms with Crippen LogP contribution >= 0.6 is 0 Å². The van der Waals surface area contributed by atoms with Crippen LogP contribution in [0.1, 0.15) is 11.3 Å². The van der Waals surface area contributed by atoms with Gasteiger partial charge in [-0.15, -0.1) is 0 Å². The normalized spacial score (nSPS) is 10.3. The molecule has 2 heterocycles. The molecule has 0 radical (unpaired) electrons. The van der Waals surface area contributed by atoms with Crippen molar-refractivity contribution in [3.05, 3.63) is 36.0 Å². The number of nitrogen functional groups attached to an aromatic ring is 1. The predicted molar refractivity (Wildman–Crippen MR) is 62.1 cm³/mol. The van der Waals surface area contributed by atoms with Gasteiger partial charge in [0.25, 0.3) is 0 Å². The Bertz CT molecular complexity index is 453. The van der Waals surface area contributed by atoms with Gasteiger partial charge in [-0.05, 0) is 19.1 Å². The summed E-state index contributed by atoms with van der Waals surface area (Å²) >= 11 is 0. The van der Waals surface area contributed by atoms with Crippen molar-refractivity contribution in [1.29, 1.82) is 0 Å². The van der Waals surface area contributed by atoms with Gasteiger partial charge in [0.05, 0.1) is 6.26 Å². The van der Waals surface area contributed by atoms with Crippen LogP contribution in [0.2, 0.25) is 0 Å². The minimum Gasteiger partial charge on any atom is -0.469 e. The lowest BCUT2D eigenvalue weighted by Crippen LogP contribution is -2.09. The van der Waals surface area contributed by atoms with Crippen molar-refractivity contribution in [3.63, 3.8) is 0 Å². The Morgan fingerprint density at radius 1 is 1.44 bits per heavy atom. The lowest BCUT2D eigenvalue weighted by atomic mass is 10.3. The number of nitrogens with zero attached hydrogens (tertiary/aromatic N) is 2. The number of hydrogen-bond donors (Lipinski definition) is 2. The molecule has 0 aliphatic carbocycles. The molecule has 5 nitrogen and oxygen atoms in total. The van der Waals surface area contributed by atoms with E-state index in [1.165, 1.54) is 6.33 Å². The molecule has 2 aromatic heterocycles. The molecule has 84 valence electrons. The first-order valence-corrected chi connectivity index (χ1v) is 5.10. The molecular formula is C11H14N4O. The number of furan rings is 1. The first-order valence-electron chi connectivity index (χ1n) is 5.10. The molecule has 0 bridgehead atoms. The molecule has 3 N–H and O–H groups in total. The fourth-order valence-electron chi connectivity index (χ4n) is 1.40. The van der Waals surface area contributed by atoms with Crippen molar-refractivity contribution in [2.75, 3.05) is 17.6 Å². The third-order valence-corrected chi connectivity index (χ3v) is 2.37. The monoisotopic (exact) mass is 218 g/mol. The van der Waals surface area contributed by atoms with Gasteiger partial charge in [-0.2, -0.15) is 0 Å². The van der Waals surface area contributed by atoms with E-state index in [2.05, 4.69) is 15.3 Å². The summed E-state index contributed by atoms with van der Waals surface area (Å²) in [4.78, 5) is 8.03. The molecule has 0 atom stereocenters. The second-order valence-corrected chi connectivity index (χ2v) is 3.49. The van der Waals surface area contributed by atoms with Crippen LogP contribution in [0.25, 0.3) is 0 Å². The zero-order valence-electron chi connectivity index (χ0n) is 9.10. The number of rotatable bonds is 4. The van der Waals surface area contributed by atoms with E-state index in [1.807, 2.05) is 19.1 Å².